The number of hydrogen-bond acceptors (Lipinski definition) is 4. The predicted octanol–water partition coefficient (Wildman–Crippen LogP) is 1.70. The molecule has 0 bridgehead atoms. The molecule has 0 saturated heterocycles. The first kappa shape index (κ1) is 14.3. The van der Waals surface area contributed by atoms with Gasteiger partial charge in [0.15, 0.2) is 0 Å². The number of nitrogens with two attached hydrogens (primary N) is 1. The van der Waals surface area contributed by atoms with Gasteiger partial charge in [0.1, 0.15) is 11.6 Å². The first-order chi connectivity index (χ1) is 8.77. The normalized spacial score (nSPS) is 11.5. The Hall–Kier alpha value is -1.75. The Bertz CT molecular complexity index is 380. The lowest BCUT2D eigenvalue weighted by atomic mass is 10.2. The van der Waals surface area contributed by atoms with Crippen molar-refractivity contribution in [3.63, 3.8) is 0 Å². The van der Waals surface area contributed by atoms with Gasteiger partial charge in [0.25, 0.3) is 0 Å². The largest absolute Gasteiger partial charge is 0.496 e. The van der Waals surface area contributed by atoms with Crippen LogP contribution in [0.4, 0.5) is 0 Å². The second-order valence-corrected chi connectivity index (χ2v) is 4.04. The molecule has 100 valence electrons. The van der Waals surface area contributed by atoms with Gasteiger partial charge in [0.05, 0.1) is 7.11 Å². The third-order valence-corrected chi connectivity index (χ3v) is 2.67. The summed E-state index contributed by atoms with van der Waals surface area (Å²) in [6, 6.07) is 7.95. The van der Waals surface area contributed by atoms with E-state index in [0.717, 1.165) is 37.2 Å². The van der Waals surface area contributed by atoms with Crippen molar-refractivity contribution in [2.24, 2.45) is 10.9 Å². The molecule has 0 heterocycles. The van der Waals surface area contributed by atoms with Gasteiger partial charge in [-0.2, -0.15) is 0 Å². The lowest BCUT2D eigenvalue weighted by Gasteiger charge is -2.09. The second-order valence-electron chi connectivity index (χ2n) is 4.04. The fourth-order valence-electron chi connectivity index (χ4n) is 1.68. The first-order valence-electron chi connectivity index (χ1n) is 6.07. The van der Waals surface area contributed by atoms with E-state index in [-0.39, 0.29) is 0 Å². The maximum atomic E-state index is 8.38. The van der Waals surface area contributed by atoms with Gasteiger partial charge in [0.2, 0.25) is 0 Å². The van der Waals surface area contributed by atoms with E-state index in [0.29, 0.717) is 12.3 Å². The van der Waals surface area contributed by atoms with E-state index in [1.54, 1.807) is 7.11 Å². The first-order valence-corrected chi connectivity index (χ1v) is 6.07. The predicted molar refractivity (Wildman–Crippen MR) is 72.0 cm³/mol. The minimum atomic E-state index is 0.291. The third-order valence-electron chi connectivity index (χ3n) is 2.67. The topological polar surface area (TPSA) is 79.9 Å². The molecular formula is C13H21N3O2. The number of methoxy groups -OCH3 is 1. The van der Waals surface area contributed by atoms with Gasteiger partial charge in [-0.05, 0) is 25.5 Å². The molecule has 0 aliphatic carbocycles. The highest BCUT2D eigenvalue weighted by atomic mass is 16.5. The van der Waals surface area contributed by atoms with Gasteiger partial charge in [-0.1, -0.05) is 23.4 Å². The summed E-state index contributed by atoms with van der Waals surface area (Å²) in [4.78, 5) is 0. The third kappa shape index (κ3) is 5.05. The Labute approximate surface area is 108 Å². The Morgan fingerprint density at radius 1 is 1.39 bits per heavy atom. The monoisotopic (exact) mass is 251 g/mol. The van der Waals surface area contributed by atoms with Gasteiger partial charge in [-0.15, -0.1) is 0 Å². The highest BCUT2D eigenvalue weighted by Gasteiger charge is 2.00. The molecule has 0 fully saturated rings. The van der Waals surface area contributed by atoms with Crippen LogP contribution in [-0.4, -0.2) is 24.7 Å². The molecule has 0 amide bonds. The molecule has 1 rings (SSSR count). The summed E-state index contributed by atoms with van der Waals surface area (Å²) in [5.41, 5.74) is 6.53. The smallest absolute Gasteiger partial charge is 0.139 e. The van der Waals surface area contributed by atoms with Crippen molar-refractivity contribution >= 4 is 5.84 Å². The molecule has 0 aromatic heterocycles. The molecule has 0 saturated carbocycles. The Kier molecular flexibility index (Phi) is 6.64. The molecule has 0 unspecified atom stereocenters. The lowest BCUT2D eigenvalue weighted by molar-refractivity contribution is 0.316. The number of oxime groups is 1. The van der Waals surface area contributed by atoms with Crippen LogP contribution in [0.1, 0.15) is 24.8 Å². The number of rotatable bonds is 8. The summed E-state index contributed by atoms with van der Waals surface area (Å²) in [7, 11) is 1.68. The lowest BCUT2D eigenvalue weighted by Crippen LogP contribution is -2.16. The fraction of sp³-hybridized carbons (Fsp3) is 0.462. The summed E-state index contributed by atoms with van der Waals surface area (Å²) in [5.74, 6) is 1.20. The van der Waals surface area contributed by atoms with Crippen LogP contribution in [0.5, 0.6) is 5.75 Å². The zero-order valence-corrected chi connectivity index (χ0v) is 10.7. The van der Waals surface area contributed by atoms with E-state index in [2.05, 4.69) is 10.5 Å². The van der Waals surface area contributed by atoms with Crippen LogP contribution in [0.25, 0.3) is 0 Å². The SMILES string of the molecule is COc1ccccc1CNCCCC/C(N)=N/O. The minimum absolute atomic E-state index is 0.291. The average molecular weight is 251 g/mol. The summed E-state index contributed by atoms with van der Waals surface area (Å²) in [6.07, 6.45) is 2.53. The number of nitrogens with one attached hydrogen (secondary N) is 1. The second kappa shape index (κ2) is 8.36. The molecule has 0 atom stereocenters. The summed E-state index contributed by atoms with van der Waals surface area (Å²) in [5, 5.41) is 14.7. The molecule has 18 heavy (non-hydrogen) atoms. The van der Waals surface area contributed by atoms with Gasteiger partial charge >= 0.3 is 0 Å². The van der Waals surface area contributed by atoms with Crippen LogP contribution >= 0.6 is 0 Å². The van der Waals surface area contributed by atoms with Gasteiger partial charge in [0, 0.05) is 18.5 Å². The standard InChI is InChI=1S/C13H21N3O2/c1-18-12-7-3-2-6-11(12)10-15-9-5-4-8-13(14)16-17/h2-3,6-7,15,17H,4-5,8-10H2,1H3,(H2,14,16). The minimum Gasteiger partial charge on any atom is -0.496 e. The molecule has 1 aromatic carbocycles. The van der Waals surface area contributed by atoms with E-state index < -0.39 is 0 Å². The highest BCUT2D eigenvalue weighted by molar-refractivity contribution is 5.79. The molecular weight excluding hydrogens is 230 g/mol. The van der Waals surface area contributed by atoms with Crippen molar-refractivity contribution in [3.8, 4) is 5.75 Å². The summed E-state index contributed by atoms with van der Waals surface area (Å²) < 4.78 is 5.27. The maximum Gasteiger partial charge on any atom is 0.139 e. The van der Waals surface area contributed by atoms with E-state index >= 15 is 0 Å². The summed E-state index contributed by atoms with van der Waals surface area (Å²) in [6.45, 7) is 1.68. The molecule has 0 aliphatic rings. The molecule has 0 radical (unpaired) electrons. The van der Waals surface area contributed by atoms with Crippen molar-refractivity contribution in [3.05, 3.63) is 29.8 Å². The van der Waals surface area contributed by atoms with Crippen LogP contribution < -0.4 is 15.8 Å². The number of unbranched alkanes of at least 4 members (excludes halogenated alkanes) is 1. The van der Waals surface area contributed by atoms with Crippen LogP contribution in [0.15, 0.2) is 29.4 Å². The fourth-order valence-corrected chi connectivity index (χ4v) is 1.68. The van der Waals surface area contributed by atoms with Crippen LogP contribution in [0.2, 0.25) is 0 Å². The molecule has 5 nitrogen and oxygen atoms in total. The quantitative estimate of drug-likeness (QED) is 0.216. The zero-order chi connectivity index (χ0) is 13.2. The Morgan fingerprint density at radius 3 is 2.89 bits per heavy atom. The van der Waals surface area contributed by atoms with Crippen LogP contribution in [-0.2, 0) is 6.54 Å². The number of para-hydroxylation sites is 1. The molecule has 4 N–H and O–H groups in total. The molecule has 5 heteroatoms. The Morgan fingerprint density at radius 2 is 2.17 bits per heavy atom. The number of nitrogens with zero attached hydrogens (tertiary/aromatic N) is 1. The zero-order valence-electron chi connectivity index (χ0n) is 10.7. The van der Waals surface area contributed by atoms with Crippen molar-refractivity contribution in [1.29, 1.82) is 0 Å². The van der Waals surface area contributed by atoms with Gasteiger partial charge in [-0.25, -0.2) is 0 Å². The maximum absolute atomic E-state index is 8.38. The summed E-state index contributed by atoms with van der Waals surface area (Å²) >= 11 is 0. The van der Waals surface area contributed by atoms with E-state index in [1.165, 1.54) is 0 Å². The number of ether oxygens (including phenoxy) is 1. The molecule has 0 spiro atoms. The number of amidine groups is 1. The number of benzene rings is 1. The van der Waals surface area contributed by atoms with Crippen molar-refractivity contribution < 1.29 is 9.94 Å². The van der Waals surface area contributed by atoms with Crippen LogP contribution in [0.3, 0.4) is 0 Å². The number of hydrogen-bond donors (Lipinski definition) is 3. The van der Waals surface area contributed by atoms with E-state index in [1.807, 2.05) is 24.3 Å². The molecule has 0 aliphatic heterocycles. The molecule has 1 aromatic rings. The average Bonchev–Trinajstić information content (AvgIpc) is 2.42. The van der Waals surface area contributed by atoms with E-state index in [9.17, 15) is 0 Å². The van der Waals surface area contributed by atoms with Crippen molar-refractivity contribution in [1.82, 2.24) is 5.32 Å². The van der Waals surface area contributed by atoms with Crippen LogP contribution in [0, 0.1) is 0 Å². The van der Waals surface area contributed by atoms with E-state index in [4.69, 9.17) is 15.7 Å². The van der Waals surface area contributed by atoms with Crippen molar-refractivity contribution in [2.45, 2.75) is 25.8 Å². The Balaban J connectivity index is 2.18. The highest BCUT2D eigenvalue weighted by Crippen LogP contribution is 2.16. The van der Waals surface area contributed by atoms with Gasteiger partial charge < -0.3 is 21.0 Å². The van der Waals surface area contributed by atoms with Crippen molar-refractivity contribution in [2.75, 3.05) is 13.7 Å². The van der Waals surface area contributed by atoms with Gasteiger partial charge in [-0.3, -0.25) is 0 Å².